The molecule has 0 bridgehead atoms. The standard InChI is InChI=1S/C33H27N3O5P2/c1-26(27-22-23-33(36(37)38)28(24-27)25-34)42(31-18-10-4-11-19-31,32-20-12-5-13-21-32)35-43(39,40-29-14-6-2-7-15-29)41-30-16-8-3-9-17-30/h2-24,26H,1H3. The molecule has 1 atom stereocenters. The van der Waals surface area contributed by atoms with Crippen LogP contribution in [0.3, 0.4) is 0 Å². The van der Waals surface area contributed by atoms with Crippen molar-refractivity contribution in [3.63, 3.8) is 0 Å². The van der Waals surface area contributed by atoms with Gasteiger partial charge in [-0.15, -0.1) is 0 Å². The van der Waals surface area contributed by atoms with Crippen LogP contribution in [0.4, 0.5) is 5.69 Å². The van der Waals surface area contributed by atoms with Crippen molar-refractivity contribution >= 4 is 31.1 Å². The number of hydrogen-bond acceptors (Lipinski definition) is 6. The van der Waals surface area contributed by atoms with E-state index in [9.17, 15) is 19.9 Å². The second-order valence-electron chi connectivity index (χ2n) is 9.54. The maximum absolute atomic E-state index is 15.0. The number of hydrogen-bond donors (Lipinski definition) is 0. The van der Waals surface area contributed by atoms with E-state index in [1.54, 1.807) is 54.6 Å². The highest BCUT2D eigenvalue weighted by Gasteiger charge is 2.40. The van der Waals surface area contributed by atoms with Crippen molar-refractivity contribution in [1.29, 1.82) is 5.26 Å². The van der Waals surface area contributed by atoms with Crippen LogP contribution in [0.25, 0.3) is 0 Å². The fourth-order valence-corrected chi connectivity index (χ4v) is 11.8. The number of nitro groups is 1. The Bertz CT molecular complexity index is 1770. The fraction of sp³-hybridized carbons (Fsp3) is 0.0606. The van der Waals surface area contributed by atoms with Crippen LogP contribution in [0.1, 0.15) is 23.7 Å². The van der Waals surface area contributed by atoms with Crippen LogP contribution in [-0.2, 0) is 4.57 Å². The van der Waals surface area contributed by atoms with E-state index < -0.39 is 25.4 Å². The van der Waals surface area contributed by atoms with E-state index in [4.69, 9.17) is 13.6 Å². The highest BCUT2D eigenvalue weighted by molar-refractivity contribution is 7.84. The van der Waals surface area contributed by atoms with E-state index in [2.05, 4.69) is 0 Å². The summed E-state index contributed by atoms with van der Waals surface area (Å²) in [5.74, 6) is 0.638. The van der Waals surface area contributed by atoms with Crippen molar-refractivity contribution in [3.05, 3.63) is 161 Å². The van der Waals surface area contributed by atoms with Crippen molar-refractivity contribution in [3.8, 4) is 17.6 Å². The van der Waals surface area contributed by atoms with E-state index >= 15 is 0 Å². The van der Waals surface area contributed by atoms with Gasteiger partial charge in [-0.25, -0.2) is 4.57 Å². The molecule has 0 aliphatic carbocycles. The molecule has 0 amide bonds. The van der Waals surface area contributed by atoms with Gasteiger partial charge in [-0.3, -0.25) is 10.1 Å². The molecule has 5 aromatic carbocycles. The SMILES string of the molecule is CC(c1ccc([N+](=O)[O-])c(C#N)c1)P(=NP(=O)(Oc1ccccc1)Oc1ccccc1)(c1ccccc1)c1ccccc1. The summed E-state index contributed by atoms with van der Waals surface area (Å²) >= 11 is 0. The minimum atomic E-state index is -4.33. The van der Waals surface area contributed by atoms with Crippen LogP contribution in [0.15, 0.2) is 144 Å². The first kappa shape index (κ1) is 29.5. The van der Waals surface area contributed by atoms with Gasteiger partial charge in [0.2, 0.25) is 0 Å². The van der Waals surface area contributed by atoms with Gasteiger partial charge in [0, 0.05) is 18.8 Å². The largest absolute Gasteiger partial charge is 0.562 e. The molecule has 5 aromatic rings. The average molecular weight is 608 g/mol. The van der Waals surface area contributed by atoms with Crippen molar-refractivity contribution < 1.29 is 18.5 Å². The topological polar surface area (TPSA) is 115 Å². The quantitative estimate of drug-likeness (QED) is 0.0892. The number of rotatable bonds is 10. The molecule has 8 nitrogen and oxygen atoms in total. The molecule has 0 saturated carbocycles. The first-order chi connectivity index (χ1) is 20.8. The summed E-state index contributed by atoms with van der Waals surface area (Å²) in [5.41, 5.74) is -0.239. The minimum Gasteiger partial charge on any atom is -0.399 e. The van der Waals surface area contributed by atoms with Crippen LogP contribution < -0.4 is 19.7 Å². The molecular weight excluding hydrogens is 580 g/mol. The molecule has 0 fully saturated rings. The lowest BCUT2D eigenvalue weighted by molar-refractivity contribution is -0.385. The lowest BCUT2D eigenvalue weighted by Crippen LogP contribution is -2.21. The van der Waals surface area contributed by atoms with Crippen LogP contribution >= 0.6 is 14.8 Å². The van der Waals surface area contributed by atoms with Crippen molar-refractivity contribution in [2.75, 3.05) is 0 Å². The third-order valence-corrected chi connectivity index (χ3v) is 13.3. The summed E-state index contributed by atoms with van der Waals surface area (Å²) in [6.07, 6.45) is 0. The number of nitriles is 1. The van der Waals surface area contributed by atoms with Crippen LogP contribution in [0.2, 0.25) is 0 Å². The summed E-state index contributed by atoms with van der Waals surface area (Å²) in [4.78, 5) is 11.0. The maximum atomic E-state index is 15.0. The van der Waals surface area contributed by atoms with E-state index in [0.717, 1.165) is 10.6 Å². The monoisotopic (exact) mass is 607 g/mol. The number of nitro benzene ring substituents is 1. The van der Waals surface area contributed by atoms with Crippen molar-refractivity contribution in [2.24, 2.45) is 4.52 Å². The zero-order chi connectivity index (χ0) is 30.3. The van der Waals surface area contributed by atoms with E-state index in [1.807, 2.05) is 85.8 Å². The molecule has 0 saturated heterocycles. The molecular formula is C33H27N3O5P2. The molecule has 10 heteroatoms. The molecule has 0 spiro atoms. The molecule has 43 heavy (non-hydrogen) atoms. The van der Waals surface area contributed by atoms with E-state index in [0.29, 0.717) is 17.1 Å². The van der Waals surface area contributed by atoms with Gasteiger partial charge in [0.15, 0.2) is 0 Å². The van der Waals surface area contributed by atoms with E-state index in [1.165, 1.54) is 12.1 Å². The zero-order valence-corrected chi connectivity index (χ0v) is 24.9. The Kier molecular flexibility index (Phi) is 8.87. The Morgan fingerprint density at radius 2 is 1.19 bits per heavy atom. The van der Waals surface area contributed by atoms with Gasteiger partial charge in [-0.05, 0) is 46.5 Å². The summed E-state index contributed by atoms with van der Waals surface area (Å²) in [5, 5.41) is 23.0. The molecule has 1 unspecified atom stereocenters. The van der Waals surface area contributed by atoms with E-state index in [-0.39, 0.29) is 11.3 Å². The minimum absolute atomic E-state index is 0.0715. The van der Waals surface area contributed by atoms with Crippen molar-refractivity contribution in [1.82, 2.24) is 0 Å². The highest BCUT2D eigenvalue weighted by Crippen LogP contribution is 2.68. The Morgan fingerprint density at radius 1 is 0.744 bits per heavy atom. The number of para-hydroxylation sites is 2. The Balaban J connectivity index is 1.84. The predicted octanol–water partition coefficient (Wildman–Crippen LogP) is 8.65. The molecule has 214 valence electrons. The average Bonchev–Trinajstić information content (AvgIpc) is 3.04. The van der Waals surface area contributed by atoms with Gasteiger partial charge in [-0.2, -0.15) is 9.78 Å². The van der Waals surface area contributed by atoms with Crippen molar-refractivity contribution in [2.45, 2.75) is 12.6 Å². The van der Waals surface area contributed by atoms with Crippen LogP contribution in [0.5, 0.6) is 11.5 Å². The molecule has 0 aliphatic heterocycles. The Labute approximate surface area is 250 Å². The molecule has 0 heterocycles. The molecule has 0 radical (unpaired) electrons. The van der Waals surface area contributed by atoms with Crippen LogP contribution in [-0.4, -0.2) is 4.92 Å². The molecule has 0 aromatic heterocycles. The third kappa shape index (κ3) is 6.44. The summed E-state index contributed by atoms with van der Waals surface area (Å²) < 4.78 is 32.4. The van der Waals surface area contributed by atoms with Gasteiger partial charge in [0.1, 0.15) is 23.1 Å². The Morgan fingerprint density at radius 3 is 1.60 bits per heavy atom. The first-order valence-electron chi connectivity index (χ1n) is 13.4. The normalized spacial score (nSPS) is 12.0. The zero-order valence-electron chi connectivity index (χ0n) is 23.1. The fourth-order valence-electron chi connectivity index (χ4n) is 4.82. The Hall–Kier alpha value is -4.95. The summed E-state index contributed by atoms with van der Waals surface area (Å²) in [6, 6.07) is 42.8. The summed E-state index contributed by atoms with van der Waals surface area (Å²) in [7, 11) is -7.48. The van der Waals surface area contributed by atoms with Gasteiger partial charge in [-0.1, -0.05) is 110 Å². The molecule has 5 rings (SSSR count). The lowest BCUT2D eigenvalue weighted by Gasteiger charge is -2.33. The third-order valence-electron chi connectivity index (χ3n) is 6.86. The first-order valence-corrected chi connectivity index (χ1v) is 16.7. The van der Waals surface area contributed by atoms with Gasteiger partial charge >= 0.3 is 7.75 Å². The van der Waals surface area contributed by atoms with Gasteiger partial charge in [0.05, 0.1) is 4.92 Å². The van der Waals surface area contributed by atoms with Gasteiger partial charge in [0.25, 0.3) is 5.69 Å². The van der Waals surface area contributed by atoms with Gasteiger partial charge < -0.3 is 9.05 Å². The second kappa shape index (κ2) is 12.9. The predicted molar refractivity (Wildman–Crippen MR) is 169 cm³/mol. The van der Waals surface area contributed by atoms with Crippen LogP contribution in [0, 0.1) is 21.4 Å². The second-order valence-corrected chi connectivity index (χ2v) is 14.7. The highest BCUT2D eigenvalue weighted by atomic mass is 31.2. The smallest absolute Gasteiger partial charge is 0.399 e. The number of benzene rings is 5. The molecule has 0 aliphatic rings. The molecule has 0 N–H and O–H groups in total. The maximum Gasteiger partial charge on any atom is 0.562 e. The summed E-state index contributed by atoms with van der Waals surface area (Å²) in [6.45, 7) is 1.93. The lowest BCUT2D eigenvalue weighted by atomic mass is 10.1. The number of nitrogens with zero attached hydrogens (tertiary/aromatic N) is 3.